The molecule has 0 spiro atoms. The van der Waals surface area contributed by atoms with E-state index in [0.29, 0.717) is 15.7 Å². The van der Waals surface area contributed by atoms with Crippen LogP contribution in [0.2, 0.25) is 5.02 Å². The minimum Gasteiger partial charge on any atom is -0.306 e. The highest BCUT2D eigenvalue weighted by molar-refractivity contribution is 9.10. The van der Waals surface area contributed by atoms with Crippen LogP contribution < -0.4 is 5.32 Å². The Hall–Kier alpha value is -0.910. The molecule has 2 aromatic heterocycles. The maximum atomic E-state index is 11.8. The summed E-state index contributed by atoms with van der Waals surface area (Å²) in [5, 5.41) is 5.06. The van der Waals surface area contributed by atoms with Crippen LogP contribution >= 0.6 is 38.9 Å². The van der Waals surface area contributed by atoms with E-state index in [1.807, 2.05) is 11.4 Å². The number of halogens is 2. The zero-order valence-electron chi connectivity index (χ0n) is 7.91. The van der Waals surface area contributed by atoms with Gasteiger partial charge >= 0.3 is 0 Å². The number of hydrogen-bond donors (Lipinski definition) is 1. The lowest BCUT2D eigenvalue weighted by Gasteiger charge is -2.02. The lowest BCUT2D eigenvalue weighted by Crippen LogP contribution is -2.11. The summed E-state index contributed by atoms with van der Waals surface area (Å²) in [4.78, 5) is 16.4. The van der Waals surface area contributed by atoms with E-state index in [4.69, 9.17) is 11.6 Å². The number of aromatic nitrogens is 1. The Kier molecular flexibility index (Phi) is 3.58. The van der Waals surface area contributed by atoms with Crippen molar-refractivity contribution in [2.75, 3.05) is 5.32 Å². The molecule has 1 N–H and O–H groups in total. The monoisotopic (exact) mass is 316 g/mol. The van der Waals surface area contributed by atoms with Crippen LogP contribution in [0.3, 0.4) is 0 Å². The van der Waals surface area contributed by atoms with E-state index in [-0.39, 0.29) is 5.91 Å². The van der Waals surface area contributed by atoms with Crippen LogP contribution in [-0.4, -0.2) is 10.9 Å². The molecule has 16 heavy (non-hydrogen) atoms. The van der Waals surface area contributed by atoms with Crippen LogP contribution in [0.25, 0.3) is 0 Å². The van der Waals surface area contributed by atoms with E-state index < -0.39 is 0 Å². The van der Waals surface area contributed by atoms with Crippen molar-refractivity contribution in [3.05, 3.63) is 44.1 Å². The topological polar surface area (TPSA) is 42.0 Å². The van der Waals surface area contributed by atoms with Crippen LogP contribution in [0.15, 0.2) is 34.2 Å². The molecule has 0 aliphatic rings. The van der Waals surface area contributed by atoms with Gasteiger partial charge in [-0.1, -0.05) is 11.6 Å². The summed E-state index contributed by atoms with van der Waals surface area (Å²) in [7, 11) is 0. The molecule has 2 rings (SSSR count). The number of nitrogens with one attached hydrogen (secondary N) is 1. The van der Waals surface area contributed by atoms with Crippen LogP contribution in [0.4, 0.5) is 5.82 Å². The van der Waals surface area contributed by atoms with E-state index in [9.17, 15) is 4.79 Å². The van der Waals surface area contributed by atoms with E-state index in [0.717, 1.165) is 4.47 Å². The molecule has 0 saturated carbocycles. The first-order valence-corrected chi connectivity index (χ1v) is 6.38. The molecule has 0 atom stereocenters. The molecule has 0 bridgehead atoms. The van der Waals surface area contributed by atoms with Gasteiger partial charge in [0.15, 0.2) is 0 Å². The number of carbonyl (C=O) groups is 1. The minimum atomic E-state index is -0.184. The first-order valence-electron chi connectivity index (χ1n) is 4.33. The van der Waals surface area contributed by atoms with Crippen molar-refractivity contribution in [2.24, 2.45) is 0 Å². The van der Waals surface area contributed by atoms with Gasteiger partial charge in [0.05, 0.1) is 5.02 Å². The van der Waals surface area contributed by atoms with E-state index in [1.54, 1.807) is 12.1 Å². The molecule has 0 unspecified atom stereocenters. The second kappa shape index (κ2) is 4.95. The summed E-state index contributed by atoms with van der Waals surface area (Å²) in [6, 6.07) is 5.16. The first kappa shape index (κ1) is 11.6. The van der Waals surface area contributed by atoms with Gasteiger partial charge < -0.3 is 5.32 Å². The summed E-state index contributed by atoms with van der Waals surface area (Å²) < 4.78 is 0.781. The average Bonchev–Trinajstić information content (AvgIpc) is 2.68. The molecular formula is C10H6BrClN2OS. The minimum absolute atomic E-state index is 0.184. The quantitative estimate of drug-likeness (QED) is 0.915. The number of amides is 1. The molecular weight excluding hydrogens is 312 g/mol. The largest absolute Gasteiger partial charge is 0.306 e. The molecule has 0 aromatic carbocycles. The molecule has 0 aliphatic heterocycles. The molecule has 3 nitrogen and oxygen atoms in total. The second-order valence-corrected chi connectivity index (χ2v) is 5.12. The van der Waals surface area contributed by atoms with Gasteiger partial charge in [0.2, 0.25) is 0 Å². The normalized spacial score (nSPS) is 10.1. The number of thiophene rings is 1. The van der Waals surface area contributed by atoms with Gasteiger partial charge in [0.25, 0.3) is 5.91 Å². The maximum absolute atomic E-state index is 11.8. The van der Waals surface area contributed by atoms with E-state index >= 15 is 0 Å². The Morgan fingerprint density at radius 2 is 2.25 bits per heavy atom. The molecule has 6 heteroatoms. The van der Waals surface area contributed by atoms with Gasteiger partial charge in [-0.3, -0.25) is 4.79 Å². The number of nitrogens with zero attached hydrogens (tertiary/aromatic N) is 1. The number of anilines is 1. The first-order chi connectivity index (χ1) is 7.66. The van der Waals surface area contributed by atoms with Gasteiger partial charge in [-0.25, -0.2) is 4.98 Å². The molecule has 0 radical (unpaired) electrons. The molecule has 1 amide bonds. The highest BCUT2D eigenvalue weighted by Gasteiger charge is 2.11. The summed E-state index contributed by atoms with van der Waals surface area (Å²) in [5.74, 6) is 0.298. The standard InChI is InChI=1S/C10H6BrClN2OS/c11-7-3-4-16-9(7)10(15)14-8-2-1-6(12)5-13-8/h1-5H,(H,13,14,15). The van der Waals surface area contributed by atoms with Crippen molar-refractivity contribution in [1.29, 1.82) is 0 Å². The summed E-state index contributed by atoms with van der Waals surface area (Å²) in [5.41, 5.74) is 0. The van der Waals surface area contributed by atoms with Crippen LogP contribution in [0, 0.1) is 0 Å². The fraction of sp³-hybridized carbons (Fsp3) is 0. The van der Waals surface area contributed by atoms with Crippen molar-refractivity contribution >= 4 is 50.6 Å². The molecule has 0 saturated heterocycles. The van der Waals surface area contributed by atoms with Crippen molar-refractivity contribution < 1.29 is 4.79 Å². The highest BCUT2D eigenvalue weighted by atomic mass is 79.9. The number of rotatable bonds is 2. The number of hydrogen-bond acceptors (Lipinski definition) is 3. The number of pyridine rings is 1. The fourth-order valence-electron chi connectivity index (χ4n) is 1.08. The summed E-state index contributed by atoms with van der Waals surface area (Å²) >= 11 is 10.4. The van der Waals surface area contributed by atoms with Gasteiger partial charge in [0.1, 0.15) is 10.7 Å². The Morgan fingerprint density at radius 1 is 1.44 bits per heavy atom. The van der Waals surface area contributed by atoms with Crippen LogP contribution in [0.1, 0.15) is 9.67 Å². The third-order valence-corrected chi connectivity index (χ3v) is 3.85. The Labute approximate surface area is 110 Å². The van der Waals surface area contributed by atoms with Gasteiger partial charge in [-0.2, -0.15) is 0 Å². The maximum Gasteiger partial charge on any atom is 0.268 e. The van der Waals surface area contributed by atoms with Crippen molar-refractivity contribution in [2.45, 2.75) is 0 Å². The van der Waals surface area contributed by atoms with Gasteiger partial charge in [-0.05, 0) is 39.5 Å². The van der Waals surface area contributed by atoms with E-state index in [1.165, 1.54) is 17.5 Å². The fourth-order valence-corrected chi connectivity index (χ4v) is 2.64. The molecule has 82 valence electrons. The predicted octanol–water partition coefficient (Wildman–Crippen LogP) is 3.81. The van der Waals surface area contributed by atoms with Gasteiger partial charge in [0, 0.05) is 10.7 Å². The van der Waals surface area contributed by atoms with E-state index in [2.05, 4.69) is 26.2 Å². The zero-order chi connectivity index (χ0) is 11.5. The second-order valence-electron chi connectivity index (χ2n) is 2.91. The lowest BCUT2D eigenvalue weighted by molar-refractivity contribution is 0.102. The zero-order valence-corrected chi connectivity index (χ0v) is 11.1. The third-order valence-electron chi connectivity index (χ3n) is 1.79. The van der Waals surface area contributed by atoms with Crippen LogP contribution in [0.5, 0.6) is 0 Å². The SMILES string of the molecule is O=C(Nc1ccc(Cl)cn1)c1sccc1Br. The average molecular weight is 318 g/mol. The molecule has 0 aliphatic carbocycles. The summed E-state index contributed by atoms with van der Waals surface area (Å²) in [6.07, 6.45) is 1.49. The molecule has 2 heterocycles. The van der Waals surface area contributed by atoms with Crippen molar-refractivity contribution in [3.63, 3.8) is 0 Å². The summed E-state index contributed by atoms with van der Waals surface area (Å²) in [6.45, 7) is 0. The molecule has 0 fully saturated rings. The Morgan fingerprint density at radius 3 is 2.81 bits per heavy atom. The lowest BCUT2D eigenvalue weighted by atomic mass is 10.4. The predicted molar refractivity (Wildman–Crippen MR) is 69.2 cm³/mol. The number of carbonyl (C=O) groups excluding carboxylic acids is 1. The Balaban J connectivity index is 2.14. The third kappa shape index (κ3) is 2.61. The van der Waals surface area contributed by atoms with Crippen molar-refractivity contribution in [1.82, 2.24) is 4.98 Å². The Bertz CT molecular complexity index is 512. The molecule has 2 aromatic rings. The highest BCUT2D eigenvalue weighted by Crippen LogP contribution is 2.23. The smallest absolute Gasteiger partial charge is 0.268 e. The van der Waals surface area contributed by atoms with Crippen molar-refractivity contribution in [3.8, 4) is 0 Å². The van der Waals surface area contributed by atoms with Crippen LogP contribution in [-0.2, 0) is 0 Å². The van der Waals surface area contributed by atoms with Gasteiger partial charge in [-0.15, -0.1) is 11.3 Å².